The summed E-state index contributed by atoms with van der Waals surface area (Å²) in [5, 5.41) is 0. The Kier molecular flexibility index (Phi) is 5.54. The maximum Gasteiger partial charge on any atom is 0.338 e. The van der Waals surface area contributed by atoms with Crippen molar-refractivity contribution in [1.29, 1.82) is 0 Å². The molecular weight excluding hydrogens is 344 g/mol. The van der Waals surface area contributed by atoms with Crippen LogP contribution in [0.1, 0.15) is 27.6 Å². The minimum Gasteiger partial charge on any atom is -0.465 e. The fourth-order valence-corrected chi connectivity index (χ4v) is 3.25. The number of piperazine rings is 1. The van der Waals surface area contributed by atoms with E-state index in [1.807, 2.05) is 24.3 Å². The number of benzene rings is 2. The molecule has 1 fully saturated rings. The van der Waals surface area contributed by atoms with E-state index >= 15 is 0 Å². The summed E-state index contributed by atoms with van der Waals surface area (Å²) < 4.78 is 4.85. The second-order valence-corrected chi connectivity index (χ2v) is 6.42. The van der Waals surface area contributed by atoms with Gasteiger partial charge in [-0.05, 0) is 29.3 Å². The van der Waals surface area contributed by atoms with Crippen LogP contribution >= 0.6 is 0 Å². The van der Waals surface area contributed by atoms with Crippen LogP contribution in [0.25, 0.3) is 11.1 Å². The van der Waals surface area contributed by atoms with Gasteiger partial charge in [-0.1, -0.05) is 30.3 Å². The molecule has 140 valence electrons. The lowest BCUT2D eigenvalue weighted by atomic mass is 9.97. The van der Waals surface area contributed by atoms with Crippen LogP contribution in [-0.2, 0) is 9.53 Å². The van der Waals surface area contributed by atoms with Gasteiger partial charge >= 0.3 is 5.97 Å². The van der Waals surface area contributed by atoms with E-state index in [0.717, 1.165) is 11.1 Å². The highest BCUT2D eigenvalue weighted by atomic mass is 16.5. The largest absolute Gasteiger partial charge is 0.465 e. The lowest BCUT2D eigenvalue weighted by Gasteiger charge is -2.34. The summed E-state index contributed by atoms with van der Waals surface area (Å²) in [7, 11) is 1.35. The van der Waals surface area contributed by atoms with Gasteiger partial charge in [-0.25, -0.2) is 4.79 Å². The summed E-state index contributed by atoms with van der Waals surface area (Å²) >= 11 is 0. The molecule has 0 spiro atoms. The maximum absolute atomic E-state index is 12.9. The Morgan fingerprint density at radius 3 is 2.22 bits per heavy atom. The summed E-state index contributed by atoms with van der Waals surface area (Å²) in [4.78, 5) is 39.8. The van der Waals surface area contributed by atoms with Crippen LogP contribution in [0.5, 0.6) is 0 Å². The third kappa shape index (κ3) is 4.00. The molecule has 3 rings (SSSR count). The third-order valence-electron chi connectivity index (χ3n) is 4.77. The van der Waals surface area contributed by atoms with Crippen molar-refractivity contribution in [3.05, 3.63) is 59.7 Å². The molecule has 2 aromatic rings. The molecule has 2 amide bonds. The number of carbonyl (C=O) groups is 3. The second-order valence-electron chi connectivity index (χ2n) is 6.42. The SMILES string of the molecule is COC(=O)c1ccccc1-c1cccc(C(=O)N2CCN(C(C)=O)CC2)c1. The molecular formula is C21H22N2O4. The topological polar surface area (TPSA) is 66.9 Å². The molecule has 6 nitrogen and oxygen atoms in total. The van der Waals surface area contributed by atoms with Crippen LogP contribution in [0.4, 0.5) is 0 Å². The number of hydrogen-bond donors (Lipinski definition) is 0. The van der Waals surface area contributed by atoms with Gasteiger partial charge in [-0.2, -0.15) is 0 Å². The van der Waals surface area contributed by atoms with E-state index < -0.39 is 5.97 Å². The molecule has 1 heterocycles. The zero-order valence-corrected chi connectivity index (χ0v) is 15.5. The first kappa shape index (κ1) is 18.6. The van der Waals surface area contributed by atoms with E-state index in [1.54, 1.807) is 41.0 Å². The van der Waals surface area contributed by atoms with E-state index in [9.17, 15) is 14.4 Å². The number of amides is 2. The van der Waals surface area contributed by atoms with Gasteiger partial charge in [0.15, 0.2) is 0 Å². The summed E-state index contributed by atoms with van der Waals surface area (Å²) in [5.41, 5.74) is 2.52. The minimum absolute atomic E-state index is 0.0310. The Hall–Kier alpha value is -3.15. The van der Waals surface area contributed by atoms with Gasteiger partial charge in [0.05, 0.1) is 12.7 Å². The average molecular weight is 366 g/mol. The van der Waals surface area contributed by atoms with Gasteiger partial charge in [0, 0.05) is 38.7 Å². The second kappa shape index (κ2) is 8.03. The van der Waals surface area contributed by atoms with Gasteiger partial charge in [0.25, 0.3) is 5.91 Å². The molecule has 0 bridgehead atoms. The molecule has 1 aliphatic heterocycles. The van der Waals surface area contributed by atoms with E-state index in [2.05, 4.69) is 0 Å². The van der Waals surface area contributed by atoms with Crippen LogP contribution in [0.15, 0.2) is 48.5 Å². The standard InChI is InChI=1S/C21H22N2O4/c1-15(24)22-10-12-23(13-11-22)20(25)17-7-5-6-16(14-17)18-8-3-4-9-19(18)21(26)27-2/h3-9,14H,10-13H2,1-2H3. The number of methoxy groups -OCH3 is 1. The fraction of sp³-hybridized carbons (Fsp3) is 0.286. The lowest BCUT2D eigenvalue weighted by Crippen LogP contribution is -2.50. The zero-order chi connectivity index (χ0) is 19.4. The molecule has 27 heavy (non-hydrogen) atoms. The number of hydrogen-bond acceptors (Lipinski definition) is 4. The van der Waals surface area contributed by atoms with E-state index in [1.165, 1.54) is 7.11 Å². The van der Waals surface area contributed by atoms with Gasteiger partial charge in [0.2, 0.25) is 5.91 Å². The van der Waals surface area contributed by atoms with E-state index in [4.69, 9.17) is 4.74 Å². The van der Waals surface area contributed by atoms with Crippen molar-refractivity contribution in [3.63, 3.8) is 0 Å². The van der Waals surface area contributed by atoms with Crippen molar-refractivity contribution in [2.45, 2.75) is 6.92 Å². The molecule has 1 saturated heterocycles. The van der Waals surface area contributed by atoms with Gasteiger partial charge < -0.3 is 14.5 Å². The first-order valence-electron chi connectivity index (χ1n) is 8.84. The zero-order valence-electron chi connectivity index (χ0n) is 15.5. The fourth-order valence-electron chi connectivity index (χ4n) is 3.25. The molecule has 0 aromatic heterocycles. The Morgan fingerprint density at radius 2 is 1.56 bits per heavy atom. The molecule has 0 unspecified atom stereocenters. The molecule has 0 aliphatic carbocycles. The first-order valence-corrected chi connectivity index (χ1v) is 8.84. The van der Waals surface area contributed by atoms with Crippen molar-refractivity contribution in [1.82, 2.24) is 9.80 Å². The molecule has 1 aliphatic rings. The normalized spacial score (nSPS) is 14.0. The molecule has 6 heteroatoms. The predicted molar refractivity (Wildman–Crippen MR) is 101 cm³/mol. The Morgan fingerprint density at radius 1 is 0.889 bits per heavy atom. The summed E-state index contributed by atoms with van der Waals surface area (Å²) in [6.07, 6.45) is 0. The third-order valence-corrected chi connectivity index (χ3v) is 4.77. The number of esters is 1. The first-order chi connectivity index (χ1) is 13.0. The molecule has 0 atom stereocenters. The Balaban J connectivity index is 1.84. The highest BCUT2D eigenvalue weighted by Crippen LogP contribution is 2.25. The lowest BCUT2D eigenvalue weighted by molar-refractivity contribution is -0.130. The van der Waals surface area contributed by atoms with E-state index in [-0.39, 0.29) is 11.8 Å². The number of carbonyl (C=O) groups excluding carboxylic acids is 3. The highest BCUT2D eigenvalue weighted by Gasteiger charge is 2.23. The number of nitrogens with zero attached hydrogens (tertiary/aromatic N) is 2. The smallest absolute Gasteiger partial charge is 0.338 e. The Bertz CT molecular complexity index is 870. The molecule has 2 aromatic carbocycles. The van der Waals surface area contributed by atoms with Crippen molar-refractivity contribution in [3.8, 4) is 11.1 Å². The van der Waals surface area contributed by atoms with Crippen molar-refractivity contribution in [2.75, 3.05) is 33.3 Å². The van der Waals surface area contributed by atoms with Crippen LogP contribution in [0.3, 0.4) is 0 Å². The van der Waals surface area contributed by atoms with Gasteiger partial charge in [-0.15, -0.1) is 0 Å². The number of ether oxygens (including phenoxy) is 1. The van der Waals surface area contributed by atoms with Gasteiger partial charge in [0.1, 0.15) is 0 Å². The van der Waals surface area contributed by atoms with Crippen LogP contribution < -0.4 is 0 Å². The van der Waals surface area contributed by atoms with Crippen LogP contribution in [0.2, 0.25) is 0 Å². The van der Waals surface area contributed by atoms with E-state index in [0.29, 0.717) is 37.3 Å². The predicted octanol–water partition coefficient (Wildman–Crippen LogP) is 2.44. The minimum atomic E-state index is -0.414. The summed E-state index contributed by atoms with van der Waals surface area (Å²) in [6, 6.07) is 14.4. The summed E-state index contributed by atoms with van der Waals surface area (Å²) in [6.45, 7) is 3.67. The van der Waals surface area contributed by atoms with Crippen LogP contribution in [0, 0.1) is 0 Å². The molecule has 0 saturated carbocycles. The van der Waals surface area contributed by atoms with Crippen molar-refractivity contribution < 1.29 is 19.1 Å². The Labute approximate surface area is 158 Å². The quantitative estimate of drug-likeness (QED) is 0.783. The van der Waals surface area contributed by atoms with Crippen molar-refractivity contribution >= 4 is 17.8 Å². The maximum atomic E-state index is 12.9. The monoisotopic (exact) mass is 366 g/mol. The number of rotatable bonds is 3. The molecule has 0 N–H and O–H groups in total. The van der Waals surface area contributed by atoms with Crippen molar-refractivity contribution in [2.24, 2.45) is 0 Å². The highest BCUT2D eigenvalue weighted by molar-refractivity contribution is 5.99. The van der Waals surface area contributed by atoms with Crippen LogP contribution in [-0.4, -0.2) is 60.9 Å². The average Bonchev–Trinajstić information content (AvgIpc) is 2.72. The molecule has 0 radical (unpaired) electrons. The van der Waals surface area contributed by atoms with Gasteiger partial charge in [-0.3, -0.25) is 9.59 Å². The summed E-state index contributed by atoms with van der Waals surface area (Å²) in [5.74, 6) is -0.457.